The Morgan fingerprint density at radius 1 is 0.500 bits per heavy atom. The normalized spacial score (nSPS) is 11.9. The Morgan fingerprint density at radius 2 is 0.960 bits per heavy atom. The van der Waals surface area contributed by atoms with Gasteiger partial charge < -0.3 is 29.2 Å². The van der Waals surface area contributed by atoms with E-state index in [-0.39, 0.29) is 13.2 Å². The Morgan fingerprint density at radius 3 is 1.48 bits per heavy atom. The Bertz CT molecular complexity index is 1240. The summed E-state index contributed by atoms with van der Waals surface area (Å²) in [5.41, 5.74) is 5.56. The summed E-state index contributed by atoms with van der Waals surface area (Å²) in [4.78, 5) is 0. The quantitative estimate of drug-likeness (QED) is 0.0678. The minimum Gasteiger partial charge on any atom is -0.494 e. The van der Waals surface area contributed by atoms with E-state index in [1.165, 1.54) is 89.9 Å². The summed E-state index contributed by atoms with van der Waals surface area (Å²) in [6, 6.07) is 23.3. The van der Waals surface area contributed by atoms with Gasteiger partial charge in [-0.25, -0.2) is 0 Å². The Hall–Kier alpha value is -2.90. The van der Waals surface area contributed by atoms with Gasteiger partial charge in [0.15, 0.2) is 0 Å². The minimum atomic E-state index is -0.868. The lowest BCUT2D eigenvalue weighted by Gasteiger charge is -2.15. The van der Waals surface area contributed by atoms with Crippen LogP contribution < -0.4 is 9.47 Å². The van der Waals surface area contributed by atoms with Gasteiger partial charge in [-0.3, -0.25) is 0 Å². The number of aliphatic hydroxyl groups excluding tert-OH is 2. The lowest BCUT2D eigenvalue weighted by Crippen LogP contribution is -2.20. The highest BCUT2D eigenvalue weighted by molar-refractivity contribution is 5.74. The third-order valence-electron chi connectivity index (χ3n) is 9.14. The molecule has 2 N–H and O–H groups in total. The summed E-state index contributed by atoms with van der Waals surface area (Å²) in [5.74, 6) is 1.81. The zero-order valence-corrected chi connectivity index (χ0v) is 31.2. The van der Waals surface area contributed by atoms with E-state index in [1.807, 2.05) is 0 Å². The number of aliphatic hydroxyl groups is 2. The molecule has 0 radical (unpaired) electrons. The molecule has 1 unspecified atom stereocenters. The molecule has 0 fully saturated rings. The Labute approximate surface area is 303 Å². The van der Waals surface area contributed by atoms with Crippen molar-refractivity contribution >= 4 is 0 Å². The molecule has 278 valence electrons. The maximum atomic E-state index is 9.52. The summed E-state index contributed by atoms with van der Waals surface area (Å²) in [5, 5.41) is 18.5. The van der Waals surface area contributed by atoms with Crippen molar-refractivity contribution in [3.05, 3.63) is 72.3 Å². The highest BCUT2D eigenvalue weighted by Gasteiger charge is 2.10. The average molecular weight is 691 g/mol. The van der Waals surface area contributed by atoms with Gasteiger partial charge in [-0.15, -0.1) is 0 Å². The van der Waals surface area contributed by atoms with Crippen molar-refractivity contribution < 1.29 is 29.2 Å². The first kappa shape index (κ1) is 41.5. The fourth-order valence-corrected chi connectivity index (χ4v) is 6.07. The molecule has 0 heterocycles. The summed E-state index contributed by atoms with van der Waals surface area (Å²) in [6.07, 6.45) is 19.8. The predicted molar refractivity (Wildman–Crippen MR) is 207 cm³/mol. The van der Waals surface area contributed by atoms with E-state index in [1.54, 1.807) is 0 Å². The van der Waals surface area contributed by atoms with E-state index in [0.29, 0.717) is 19.8 Å². The molecule has 1 atom stereocenters. The van der Waals surface area contributed by atoms with Crippen LogP contribution in [-0.4, -0.2) is 56.0 Å². The molecule has 6 heteroatoms. The van der Waals surface area contributed by atoms with Gasteiger partial charge >= 0.3 is 0 Å². The number of hydrogen-bond acceptors (Lipinski definition) is 6. The number of unbranched alkanes of at least 4 members (excludes halogenated alkanes) is 14. The maximum Gasteiger partial charge on any atom is 0.119 e. The van der Waals surface area contributed by atoms with Crippen molar-refractivity contribution in [3.63, 3.8) is 0 Å². The van der Waals surface area contributed by atoms with E-state index in [0.717, 1.165) is 65.4 Å². The van der Waals surface area contributed by atoms with Crippen molar-refractivity contribution in [2.45, 2.75) is 129 Å². The van der Waals surface area contributed by atoms with Crippen molar-refractivity contribution in [2.24, 2.45) is 0 Å². The summed E-state index contributed by atoms with van der Waals surface area (Å²) >= 11 is 0. The molecule has 0 saturated carbocycles. The largest absolute Gasteiger partial charge is 0.494 e. The van der Waals surface area contributed by atoms with E-state index < -0.39 is 6.10 Å². The van der Waals surface area contributed by atoms with Crippen LogP contribution in [0.25, 0.3) is 22.3 Å². The molecule has 3 rings (SSSR count). The molecular formula is C44H66O6. The zero-order chi connectivity index (χ0) is 35.5. The van der Waals surface area contributed by atoms with Crippen LogP contribution >= 0.6 is 0 Å². The van der Waals surface area contributed by atoms with Crippen molar-refractivity contribution in [3.8, 4) is 33.8 Å². The van der Waals surface area contributed by atoms with Crippen LogP contribution in [0.3, 0.4) is 0 Å². The fourth-order valence-electron chi connectivity index (χ4n) is 6.07. The fraction of sp³-hybridized carbons (Fsp3) is 0.591. The van der Waals surface area contributed by atoms with Gasteiger partial charge in [-0.2, -0.15) is 0 Å². The molecule has 3 aromatic rings. The molecule has 50 heavy (non-hydrogen) atoms. The van der Waals surface area contributed by atoms with Gasteiger partial charge in [0.05, 0.1) is 46.2 Å². The van der Waals surface area contributed by atoms with E-state index in [9.17, 15) is 5.11 Å². The van der Waals surface area contributed by atoms with Gasteiger partial charge in [-0.05, 0) is 71.0 Å². The number of ether oxygens (including phenoxy) is 4. The van der Waals surface area contributed by atoms with Crippen LogP contribution in [-0.2, 0) is 16.1 Å². The van der Waals surface area contributed by atoms with Gasteiger partial charge in [0.1, 0.15) is 17.6 Å². The molecule has 0 spiro atoms. The monoisotopic (exact) mass is 690 g/mol. The third kappa shape index (κ3) is 17.4. The lowest BCUT2D eigenvalue weighted by molar-refractivity contribution is -0.0171. The molecular weight excluding hydrogens is 624 g/mol. The molecule has 0 aliphatic rings. The molecule has 0 amide bonds. The third-order valence-corrected chi connectivity index (χ3v) is 9.14. The molecule has 0 aromatic heterocycles. The van der Waals surface area contributed by atoms with Crippen LogP contribution in [0.1, 0.15) is 122 Å². The topological polar surface area (TPSA) is 77.4 Å². The molecule has 0 saturated heterocycles. The minimum absolute atomic E-state index is 0.0902. The Kier molecular flexibility index (Phi) is 22.3. The van der Waals surface area contributed by atoms with Gasteiger partial charge in [0.25, 0.3) is 0 Å². The van der Waals surface area contributed by atoms with E-state index in [4.69, 9.17) is 24.1 Å². The van der Waals surface area contributed by atoms with Crippen molar-refractivity contribution in [2.75, 3.05) is 39.6 Å². The summed E-state index contributed by atoms with van der Waals surface area (Å²) in [6.45, 7) is 6.97. The van der Waals surface area contributed by atoms with Crippen LogP contribution in [0.2, 0.25) is 0 Å². The first-order valence-corrected chi connectivity index (χ1v) is 19.7. The second-order valence-corrected chi connectivity index (χ2v) is 13.5. The van der Waals surface area contributed by atoms with E-state index in [2.05, 4.69) is 80.6 Å². The summed E-state index contributed by atoms with van der Waals surface area (Å²) < 4.78 is 23.6. The second-order valence-electron chi connectivity index (χ2n) is 13.5. The smallest absolute Gasteiger partial charge is 0.119 e. The predicted octanol–water partition coefficient (Wildman–Crippen LogP) is 10.9. The van der Waals surface area contributed by atoms with Gasteiger partial charge in [0, 0.05) is 0 Å². The zero-order valence-electron chi connectivity index (χ0n) is 31.2. The SMILES string of the molecule is CCCCCCCCCCOc1ccc(-c2ccc(-c3ccc(OCCCCCCCCCC)cc3)c(COCCOCC(O)CO)c2)cc1. The van der Waals surface area contributed by atoms with Crippen LogP contribution in [0.4, 0.5) is 0 Å². The molecule has 3 aromatic carbocycles. The molecule has 6 nitrogen and oxygen atoms in total. The molecule has 0 aliphatic carbocycles. The average Bonchev–Trinajstić information content (AvgIpc) is 3.15. The first-order chi connectivity index (χ1) is 24.6. The summed E-state index contributed by atoms with van der Waals surface area (Å²) in [7, 11) is 0. The van der Waals surface area contributed by atoms with Crippen LogP contribution in [0.15, 0.2) is 66.7 Å². The lowest BCUT2D eigenvalue weighted by atomic mass is 9.95. The van der Waals surface area contributed by atoms with Crippen molar-refractivity contribution in [1.29, 1.82) is 0 Å². The van der Waals surface area contributed by atoms with E-state index >= 15 is 0 Å². The number of rotatable bonds is 30. The van der Waals surface area contributed by atoms with Gasteiger partial charge in [0.2, 0.25) is 0 Å². The molecule has 0 bridgehead atoms. The van der Waals surface area contributed by atoms with Crippen molar-refractivity contribution in [1.82, 2.24) is 0 Å². The molecule has 0 aliphatic heterocycles. The second kappa shape index (κ2) is 26.8. The highest BCUT2D eigenvalue weighted by atomic mass is 16.5. The highest BCUT2D eigenvalue weighted by Crippen LogP contribution is 2.32. The Balaban J connectivity index is 1.55. The number of benzene rings is 3. The standard InChI is InChI=1S/C44H66O6/c1-3-5-7-9-11-13-15-17-29-49-42-24-19-37(20-25-42)39-23-28-44(40(33-39)35-47-31-32-48-36-41(46)34-45)38-21-26-43(27-22-38)50-30-18-16-14-12-10-8-6-4-2/h19-28,33,41,45-46H,3-18,29-32,34-36H2,1-2H3. The first-order valence-electron chi connectivity index (χ1n) is 19.7. The maximum absolute atomic E-state index is 9.52. The van der Waals surface area contributed by atoms with Crippen LogP contribution in [0, 0.1) is 0 Å². The van der Waals surface area contributed by atoms with Gasteiger partial charge in [-0.1, -0.05) is 140 Å². The van der Waals surface area contributed by atoms with Crippen LogP contribution in [0.5, 0.6) is 11.5 Å². The number of hydrogen-bond donors (Lipinski definition) is 2.